The standard InChI is InChI=1S/C21H27N5OS.C4H4O4/c1-13-24-25-21(28-13)23-20(27)15-4-2-3-14(11-15)18-12-19(18)22-16-7-9-26(10-8-16)17-5-6-17;5-3(6)1-2-4(7)8/h2-4,11,16-19,22H,5-10,12H2,1H3,(H,23,25,27);1-2H,(H,5,6)(H,7,8)/b;2-1+. The van der Waals surface area contributed by atoms with E-state index in [0.29, 0.717) is 40.8 Å². The maximum Gasteiger partial charge on any atom is 0.328 e. The average molecular weight is 514 g/mol. The number of carbonyl (C=O) groups excluding carboxylic acids is 1. The van der Waals surface area contributed by atoms with Crippen molar-refractivity contribution in [3.8, 4) is 0 Å². The zero-order chi connectivity index (χ0) is 25.7. The molecule has 192 valence electrons. The minimum absolute atomic E-state index is 0.115. The Morgan fingerprint density at radius 1 is 1.06 bits per heavy atom. The highest BCUT2D eigenvalue weighted by Gasteiger charge is 2.40. The molecule has 2 heterocycles. The summed E-state index contributed by atoms with van der Waals surface area (Å²) in [4.78, 5) is 34.3. The number of piperidine rings is 1. The molecule has 2 atom stereocenters. The zero-order valence-corrected chi connectivity index (χ0v) is 20.9. The Morgan fingerprint density at radius 3 is 2.33 bits per heavy atom. The van der Waals surface area contributed by atoms with Crippen molar-refractivity contribution in [1.82, 2.24) is 20.4 Å². The second-order valence-electron chi connectivity index (χ2n) is 9.37. The number of aliphatic carboxylic acids is 2. The second kappa shape index (κ2) is 11.7. The van der Waals surface area contributed by atoms with Crippen LogP contribution in [0.15, 0.2) is 36.4 Å². The first-order valence-electron chi connectivity index (χ1n) is 12.1. The highest BCUT2D eigenvalue weighted by atomic mass is 32.1. The number of carboxylic acids is 2. The summed E-state index contributed by atoms with van der Waals surface area (Å²) in [7, 11) is 0. The van der Waals surface area contributed by atoms with Crippen LogP contribution in [0.4, 0.5) is 5.13 Å². The van der Waals surface area contributed by atoms with E-state index in [2.05, 4.69) is 31.8 Å². The fraction of sp³-hybridized carbons (Fsp3) is 0.480. The lowest BCUT2D eigenvalue weighted by atomic mass is 10.0. The number of likely N-dealkylation sites (tertiary alicyclic amines) is 1. The maximum atomic E-state index is 12.5. The minimum Gasteiger partial charge on any atom is -0.478 e. The third-order valence-corrected chi connectivity index (χ3v) is 7.28. The molecular formula is C25H31N5O5S. The molecule has 10 nitrogen and oxygen atoms in total. The van der Waals surface area contributed by atoms with E-state index in [1.165, 1.54) is 62.1 Å². The van der Waals surface area contributed by atoms with Crippen LogP contribution < -0.4 is 10.6 Å². The third kappa shape index (κ3) is 7.67. The summed E-state index contributed by atoms with van der Waals surface area (Å²) in [6.45, 7) is 4.38. The van der Waals surface area contributed by atoms with Gasteiger partial charge in [-0.1, -0.05) is 23.5 Å². The third-order valence-electron chi connectivity index (χ3n) is 6.52. The van der Waals surface area contributed by atoms with Crippen molar-refractivity contribution in [1.29, 1.82) is 0 Å². The predicted molar refractivity (Wildman–Crippen MR) is 135 cm³/mol. The number of benzene rings is 1. The Morgan fingerprint density at radius 2 is 1.75 bits per heavy atom. The fourth-order valence-electron chi connectivity index (χ4n) is 4.49. The van der Waals surface area contributed by atoms with Crippen molar-refractivity contribution < 1.29 is 24.6 Å². The summed E-state index contributed by atoms with van der Waals surface area (Å²) in [5.74, 6) is -2.10. The highest BCUT2D eigenvalue weighted by molar-refractivity contribution is 7.15. The van der Waals surface area contributed by atoms with Gasteiger partial charge >= 0.3 is 11.9 Å². The monoisotopic (exact) mass is 513 g/mol. The van der Waals surface area contributed by atoms with Gasteiger partial charge in [-0.2, -0.15) is 0 Å². The van der Waals surface area contributed by atoms with Gasteiger partial charge < -0.3 is 20.4 Å². The number of amides is 1. The normalized spacial score (nSPS) is 22.0. The molecule has 2 aromatic rings. The molecule has 0 bridgehead atoms. The second-order valence-corrected chi connectivity index (χ2v) is 10.6. The topological polar surface area (TPSA) is 145 Å². The number of hydrogen-bond acceptors (Lipinski definition) is 8. The van der Waals surface area contributed by atoms with E-state index in [1.54, 1.807) is 0 Å². The molecule has 3 aliphatic rings. The van der Waals surface area contributed by atoms with Crippen molar-refractivity contribution in [2.24, 2.45) is 0 Å². The SMILES string of the molecule is Cc1nnc(NC(=O)c2cccc(C3CC3NC3CCN(C4CC4)CC3)c2)s1.O=C(O)/C=C/C(=O)O. The molecule has 1 saturated heterocycles. The van der Waals surface area contributed by atoms with E-state index in [-0.39, 0.29) is 5.91 Å². The Kier molecular flexibility index (Phi) is 8.44. The van der Waals surface area contributed by atoms with E-state index in [9.17, 15) is 14.4 Å². The molecule has 11 heteroatoms. The number of hydrogen-bond donors (Lipinski definition) is 4. The maximum absolute atomic E-state index is 12.5. The zero-order valence-electron chi connectivity index (χ0n) is 20.1. The molecule has 0 radical (unpaired) electrons. The molecule has 36 heavy (non-hydrogen) atoms. The van der Waals surface area contributed by atoms with Crippen LogP contribution >= 0.6 is 11.3 Å². The molecule has 5 rings (SSSR count). The number of carboxylic acid groups (broad SMARTS) is 2. The van der Waals surface area contributed by atoms with Crippen molar-refractivity contribution >= 4 is 34.3 Å². The van der Waals surface area contributed by atoms with E-state index in [1.807, 2.05) is 25.1 Å². The highest BCUT2D eigenvalue weighted by Crippen LogP contribution is 2.42. The van der Waals surface area contributed by atoms with Crippen LogP contribution in [0.1, 0.15) is 59.0 Å². The first-order chi connectivity index (χ1) is 17.3. The van der Waals surface area contributed by atoms with E-state index in [4.69, 9.17) is 10.2 Å². The summed E-state index contributed by atoms with van der Waals surface area (Å²) in [5, 5.41) is 31.7. The Labute approximate surface area is 213 Å². The van der Waals surface area contributed by atoms with Crippen LogP contribution in [0.3, 0.4) is 0 Å². The molecule has 1 amide bonds. The number of aryl methyl sites for hydroxylation is 1. The summed E-state index contributed by atoms with van der Waals surface area (Å²) in [6, 6.07) is 10.1. The number of aromatic nitrogens is 2. The molecule has 2 aliphatic carbocycles. The van der Waals surface area contributed by atoms with E-state index in [0.717, 1.165) is 11.0 Å². The van der Waals surface area contributed by atoms with Gasteiger partial charge in [-0.05, 0) is 69.8 Å². The molecule has 3 fully saturated rings. The molecule has 1 aliphatic heterocycles. The van der Waals surface area contributed by atoms with Gasteiger partial charge in [0.05, 0.1) is 0 Å². The molecular weight excluding hydrogens is 482 g/mol. The smallest absolute Gasteiger partial charge is 0.328 e. The number of nitrogens with one attached hydrogen (secondary N) is 2. The van der Waals surface area contributed by atoms with Gasteiger partial charge in [0, 0.05) is 41.8 Å². The molecule has 2 unspecified atom stereocenters. The summed E-state index contributed by atoms with van der Waals surface area (Å²) in [6.07, 6.45) is 7.64. The first-order valence-corrected chi connectivity index (χ1v) is 13.0. The minimum atomic E-state index is -1.26. The number of rotatable bonds is 8. The Hall–Kier alpha value is -3.15. The van der Waals surface area contributed by atoms with Crippen molar-refractivity contribution in [3.05, 3.63) is 52.6 Å². The first kappa shape index (κ1) is 25.9. The average Bonchev–Trinajstić information content (AvgIpc) is 3.78. The van der Waals surface area contributed by atoms with Gasteiger partial charge in [-0.25, -0.2) is 9.59 Å². The van der Waals surface area contributed by atoms with Gasteiger partial charge in [-0.15, -0.1) is 10.2 Å². The largest absolute Gasteiger partial charge is 0.478 e. The van der Waals surface area contributed by atoms with Crippen LogP contribution in [-0.2, 0) is 9.59 Å². The molecule has 1 aromatic heterocycles. The van der Waals surface area contributed by atoms with Gasteiger partial charge in [0.2, 0.25) is 5.13 Å². The summed E-state index contributed by atoms with van der Waals surface area (Å²) in [5.41, 5.74) is 1.95. The Bertz CT molecular complexity index is 1110. The molecule has 2 saturated carbocycles. The number of anilines is 1. The van der Waals surface area contributed by atoms with Crippen LogP contribution in [0.25, 0.3) is 0 Å². The van der Waals surface area contributed by atoms with Crippen LogP contribution in [0.2, 0.25) is 0 Å². The number of nitrogens with zero attached hydrogens (tertiary/aromatic N) is 3. The van der Waals surface area contributed by atoms with Crippen molar-refractivity contribution in [2.75, 3.05) is 18.4 Å². The molecule has 0 spiro atoms. The lowest BCUT2D eigenvalue weighted by Gasteiger charge is -2.32. The van der Waals surface area contributed by atoms with E-state index < -0.39 is 11.9 Å². The predicted octanol–water partition coefficient (Wildman–Crippen LogP) is 2.88. The van der Waals surface area contributed by atoms with Gasteiger partial charge in [0.25, 0.3) is 5.91 Å². The fourth-order valence-corrected chi connectivity index (χ4v) is 5.08. The molecule has 1 aromatic carbocycles. The lowest BCUT2D eigenvalue weighted by molar-refractivity contribution is -0.134. The Balaban J connectivity index is 0.000000331. The van der Waals surface area contributed by atoms with E-state index >= 15 is 0 Å². The lowest BCUT2D eigenvalue weighted by Crippen LogP contribution is -2.44. The van der Waals surface area contributed by atoms with Crippen LogP contribution in [0, 0.1) is 6.92 Å². The quantitative estimate of drug-likeness (QED) is 0.392. The van der Waals surface area contributed by atoms with Gasteiger partial charge in [0.15, 0.2) is 0 Å². The van der Waals surface area contributed by atoms with Crippen LogP contribution in [-0.4, -0.2) is 74.4 Å². The van der Waals surface area contributed by atoms with Crippen molar-refractivity contribution in [2.45, 2.75) is 63.1 Å². The van der Waals surface area contributed by atoms with Gasteiger partial charge in [0.1, 0.15) is 5.01 Å². The summed E-state index contributed by atoms with van der Waals surface area (Å²) >= 11 is 1.39. The number of carbonyl (C=O) groups is 3. The van der Waals surface area contributed by atoms with Gasteiger partial charge in [-0.3, -0.25) is 10.1 Å². The van der Waals surface area contributed by atoms with Crippen LogP contribution in [0.5, 0.6) is 0 Å². The summed E-state index contributed by atoms with van der Waals surface area (Å²) < 4.78 is 0. The van der Waals surface area contributed by atoms with Crippen molar-refractivity contribution in [3.63, 3.8) is 0 Å². The molecule has 4 N–H and O–H groups in total.